The number of methoxy groups -OCH3 is 2. The van der Waals surface area contributed by atoms with Crippen LogP contribution < -0.4 is 14.8 Å². The molecule has 2 heterocycles. The number of benzene rings is 2. The van der Waals surface area contributed by atoms with E-state index in [1.807, 2.05) is 30.3 Å². The van der Waals surface area contributed by atoms with Gasteiger partial charge in [0.1, 0.15) is 11.8 Å². The Hall–Kier alpha value is -3.81. The summed E-state index contributed by atoms with van der Waals surface area (Å²) in [6, 6.07) is 12.0. The molecule has 0 bridgehead atoms. The molecule has 3 aromatic rings. The van der Waals surface area contributed by atoms with E-state index in [0.29, 0.717) is 35.3 Å². The normalized spacial score (nSPS) is 17.6. The molecule has 5 rings (SSSR count). The van der Waals surface area contributed by atoms with Crippen molar-refractivity contribution in [1.29, 1.82) is 0 Å². The van der Waals surface area contributed by atoms with Crippen LogP contribution in [-0.4, -0.2) is 39.9 Å². The Balaban J connectivity index is 1.64. The number of Topliss-reactive ketones (excluding diaryl/α,β-unsaturated/α-hetero) is 1. The highest BCUT2D eigenvalue weighted by Crippen LogP contribution is 2.41. The molecular weight excluding hydrogens is 396 g/mol. The van der Waals surface area contributed by atoms with Gasteiger partial charge in [0.15, 0.2) is 23.1 Å². The maximum absolute atomic E-state index is 12.9. The zero-order chi connectivity index (χ0) is 21.5. The summed E-state index contributed by atoms with van der Waals surface area (Å²) in [5.74, 6) is 2.59. The van der Waals surface area contributed by atoms with E-state index in [4.69, 9.17) is 19.6 Å². The molecule has 0 radical (unpaired) electrons. The van der Waals surface area contributed by atoms with Gasteiger partial charge in [0.05, 0.1) is 14.2 Å². The molecule has 1 unspecified atom stereocenters. The number of carbonyl (C=O) groups excluding carboxylic acids is 1. The van der Waals surface area contributed by atoms with E-state index in [0.717, 1.165) is 29.7 Å². The lowest BCUT2D eigenvalue weighted by molar-refractivity contribution is -0.116. The number of carbonyl (C=O) groups is 1. The van der Waals surface area contributed by atoms with Crippen molar-refractivity contribution in [2.24, 2.45) is 0 Å². The molecule has 2 aliphatic rings. The van der Waals surface area contributed by atoms with Gasteiger partial charge >= 0.3 is 0 Å². The van der Waals surface area contributed by atoms with Gasteiger partial charge in [0.2, 0.25) is 5.95 Å². The predicted molar refractivity (Wildman–Crippen MR) is 114 cm³/mol. The minimum absolute atomic E-state index is 0.112. The molecule has 8 nitrogen and oxygen atoms in total. The number of allylic oxidation sites excluding steroid dienone is 2. The van der Waals surface area contributed by atoms with E-state index >= 15 is 0 Å². The fraction of sp³-hybridized carbons (Fsp3) is 0.261. The first kappa shape index (κ1) is 19.2. The SMILES string of the molecule is COc1ccc(-c2nc3n(n2)C(c2ccc(O)cc2)C2=C(CCCC2=O)N3)cc1OC. The molecule has 0 amide bonds. The van der Waals surface area contributed by atoms with Gasteiger partial charge in [-0.1, -0.05) is 12.1 Å². The third-order valence-corrected chi connectivity index (χ3v) is 5.72. The van der Waals surface area contributed by atoms with Crippen molar-refractivity contribution in [3.8, 4) is 28.6 Å². The summed E-state index contributed by atoms with van der Waals surface area (Å²) < 4.78 is 12.5. The molecular formula is C23H22N4O4. The Morgan fingerprint density at radius 3 is 2.58 bits per heavy atom. The fourth-order valence-electron chi connectivity index (χ4n) is 4.22. The quantitative estimate of drug-likeness (QED) is 0.667. The largest absolute Gasteiger partial charge is 0.508 e. The standard InChI is InChI=1S/C23H22N4O4/c1-30-18-11-8-14(12-19(18)31-2)22-25-23-24-16-4-3-5-17(29)20(16)21(27(23)26-22)13-6-9-15(28)10-7-13/h6-12,21,28H,3-5H2,1-2H3,(H,24,25,26). The maximum atomic E-state index is 12.9. The minimum Gasteiger partial charge on any atom is -0.508 e. The van der Waals surface area contributed by atoms with Crippen LogP contribution in [0, 0.1) is 0 Å². The Kier molecular flexibility index (Phi) is 4.62. The summed E-state index contributed by atoms with van der Waals surface area (Å²) in [6.45, 7) is 0. The van der Waals surface area contributed by atoms with E-state index < -0.39 is 6.04 Å². The summed E-state index contributed by atoms with van der Waals surface area (Å²) >= 11 is 0. The number of phenols is 1. The summed E-state index contributed by atoms with van der Waals surface area (Å²) in [7, 11) is 3.17. The van der Waals surface area contributed by atoms with E-state index in [-0.39, 0.29) is 11.5 Å². The van der Waals surface area contributed by atoms with Gasteiger partial charge < -0.3 is 19.9 Å². The molecule has 1 aliphatic carbocycles. The molecule has 1 aromatic heterocycles. The number of hydrogen-bond donors (Lipinski definition) is 2. The zero-order valence-corrected chi connectivity index (χ0v) is 17.3. The number of fused-ring (bicyclic) bond motifs is 1. The van der Waals surface area contributed by atoms with Crippen LogP contribution in [0.2, 0.25) is 0 Å². The highest BCUT2D eigenvalue weighted by molar-refractivity contribution is 5.99. The minimum atomic E-state index is -0.402. The number of rotatable bonds is 4. The van der Waals surface area contributed by atoms with Gasteiger partial charge in [-0.3, -0.25) is 4.79 Å². The molecule has 31 heavy (non-hydrogen) atoms. The van der Waals surface area contributed by atoms with Gasteiger partial charge in [-0.15, -0.1) is 5.10 Å². The number of anilines is 1. The first-order valence-electron chi connectivity index (χ1n) is 10.1. The number of nitrogens with zero attached hydrogens (tertiary/aromatic N) is 3. The van der Waals surface area contributed by atoms with Gasteiger partial charge in [0, 0.05) is 23.3 Å². The molecule has 2 aromatic carbocycles. The maximum Gasteiger partial charge on any atom is 0.226 e. The first-order valence-corrected chi connectivity index (χ1v) is 10.1. The van der Waals surface area contributed by atoms with Crippen LogP contribution >= 0.6 is 0 Å². The van der Waals surface area contributed by atoms with E-state index in [9.17, 15) is 9.90 Å². The lowest BCUT2D eigenvalue weighted by atomic mass is 9.85. The highest BCUT2D eigenvalue weighted by atomic mass is 16.5. The number of phenolic OH excluding ortho intramolecular Hbond substituents is 1. The van der Waals surface area contributed by atoms with Gasteiger partial charge in [0.25, 0.3) is 0 Å². The Labute approximate surface area is 179 Å². The number of aromatic nitrogens is 3. The van der Waals surface area contributed by atoms with Crippen molar-refractivity contribution >= 4 is 11.7 Å². The summed E-state index contributed by atoms with van der Waals surface area (Å²) in [5, 5.41) is 17.8. The second-order valence-electron chi connectivity index (χ2n) is 7.56. The molecule has 1 aliphatic heterocycles. The summed E-state index contributed by atoms with van der Waals surface area (Å²) in [5.41, 5.74) is 3.25. The Morgan fingerprint density at radius 1 is 1.06 bits per heavy atom. The topological polar surface area (TPSA) is 98.5 Å². The molecule has 158 valence electrons. The van der Waals surface area contributed by atoms with Crippen LogP contribution in [0.15, 0.2) is 53.7 Å². The number of nitrogens with one attached hydrogen (secondary N) is 1. The third kappa shape index (κ3) is 3.20. The van der Waals surface area contributed by atoms with Crippen molar-refractivity contribution in [2.45, 2.75) is 25.3 Å². The summed E-state index contributed by atoms with van der Waals surface area (Å²) in [6.07, 6.45) is 2.11. The lowest BCUT2D eigenvalue weighted by Crippen LogP contribution is -2.31. The number of ketones is 1. The molecule has 1 atom stereocenters. The number of hydrogen-bond acceptors (Lipinski definition) is 7. The molecule has 8 heteroatoms. The van der Waals surface area contributed by atoms with E-state index in [2.05, 4.69) is 5.32 Å². The second kappa shape index (κ2) is 7.46. The average molecular weight is 418 g/mol. The smallest absolute Gasteiger partial charge is 0.226 e. The molecule has 0 fully saturated rings. The highest BCUT2D eigenvalue weighted by Gasteiger charge is 2.36. The predicted octanol–water partition coefficient (Wildman–Crippen LogP) is 3.69. The molecule has 2 N–H and O–H groups in total. The van der Waals surface area contributed by atoms with Crippen molar-refractivity contribution in [2.75, 3.05) is 19.5 Å². The van der Waals surface area contributed by atoms with Crippen LogP contribution in [-0.2, 0) is 4.79 Å². The number of ether oxygens (including phenoxy) is 2. The van der Waals surface area contributed by atoms with Crippen LogP contribution in [0.25, 0.3) is 11.4 Å². The van der Waals surface area contributed by atoms with Crippen molar-refractivity contribution in [3.05, 3.63) is 59.3 Å². The van der Waals surface area contributed by atoms with Gasteiger partial charge in [-0.2, -0.15) is 4.98 Å². The Bertz CT molecular complexity index is 1200. The lowest BCUT2D eigenvalue weighted by Gasteiger charge is -2.32. The van der Waals surface area contributed by atoms with E-state index in [1.54, 1.807) is 31.0 Å². The van der Waals surface area contributed by atoms with Gasteiger partial charge in [-0.05, 0) is 48.7 Å². The van der Waals surface area contributed by atoms with Gasteiger partial charge in [-0.25, -0.2) is 4.68 Å². The van der Waals surface area contributed by atoms with E-state index in [1.165, 1.54) is 0 Å². The molecule has 0 saturated heterocycles. The second-order valence-corrected chi connectivity index (χ2v) is 7.56. The zero-order valence-electron chi connectivity index (χ0n) is 17.3. The van der Waals surface area contributed by atoms with Crippen LogP contribution in [0.1, 0.15) is 30.9 Å². The summed E-state index contributed by atoms with van der Waals surface area (Å²) in [4.78, 5) is 17.6. The first-order chi connectivity index (χ1) is 15.1. The van der Waals surface area contributed by atoms with Crippen molar-refractivity contribution in [3.63, 3.8) is 0 Å². The van der Waals surface area contributed by atoms with Crippen LogP contribution in [0.5, 0.6) is 17.2 Å². The fourth-order valence-corrected chi connectivity index (χ4v) is 4.22. The molecule has 0 saturated carbocycles. The monoisotopic (exact) mass is 418 g/mol. The number of aromatic hydroxyl groups is 1. The van der Waals surface area contributed by atoms with Crippen molar-refractivity contribution < 1.29 is 19.4 Å². The van der Waals surface area contributed by atoms with Crippen LogP contribution in [0.4, 0.5) is 5.95 Å². The third-order valence-electron chi connectivity index (χ3n) is 5.72. The Morgan fingerprint density at radius 2 is 1.84 bits per heavy atom. The average Bonchev–Trinajstić information content (AvgIpc) is 3.22. The molecule has 0 spiro atoms. The van der Waals surface area contributed by atoms with Crippen LogP contribution in [0.3, 0.4) is 0 Å². The van der Waals surface area contributed by atoms with Crippen molar-refractivity contribution in [1.82, 2.24) is 14.8 Å².